The number of nitrogens with zero attached hydrogens (tertiary/aromatic N) is 10. The molecule has 2 amide bonds. The zero-order valence-electron chi connectivity index (χ0n) is 29.3. The van der Waals surface area contributed by atoms with Crippen molar-refractivity contribution in [2.45, 2.75) is 33.4 Å². The molecule has 0 fully saturated rings. The van der Waals surface area contributed by atoms with E-state index < -0.39 is 23.4 Å². The fourth-order valence-electron chi connectivity index (χ4n) is 5.94. The third-order valence-corrected chi connectivity index (χ3v) is 9.21. The van der Waals surface area contributed by atoms with Gasteiger partial charge in [0, 0.05) is 23.7 Å². The number of aromatic nitrogens is 10. The van der Waals surface area contributed by atoms with Crippen molar-refractivity contribution < 1.29 is 18.4 Å². The Labute approximate surface area is 321 Å². The van der Waals surface area contributed by atoms with Crippen molar-refractivity contribution in [2.24, 2.45) is 11.5 Å². The van der Waals surface area contributed by atoms with Gasteiger partial charge >= 0.3 is 0 Å². The Morgan fingerprint density at radius 1 is 0.691 bits per heavy atom. The number of imidazole rings is 4. The minimum atomic E-state index is -0.625. The zero-order valence-corrected chi connectivity index (χ0v) is 30.8. The zero-order chi connectivity index (χ0) is 39.1. The molecule has 0 spiro atoms. The minimum Gasteiger partial charge on any atom is -0.364 e. The number of rotatable bonds is 8. The molecule has 8 aromatic rings. The maximum absolute atomic E-state index is 13.6. The van der Waals surface area contributed by atoms with Crippen molar-refractivity contribution in [3.8, 4) is 45.3 Å². The summed E-state index contributed by atoms with van der Waals surface area (Å²) in [5.74, 6) is -2.25. The largest absolute Gasteiger partial charge is 0.364 e. The number of carbonyl (C=O) groups is 2. The van der Waals surface area contributed by atoms with Gasteiger partial charge in [0.25, 0.3) is 11.8 Å². The lowest BCUT2D eigenvalue weighted by molar-refractivity contribution is 0.0985. The van der Waals surface area contributed by atoms with Gasteiger partial charge in [-0.25, -0.2) is 37.7 Å². The molecule has 18 heteroatoms. The third-order valence-electron chi connectivity index (χ3n) is 8.63. The summed E-state index contributed by atoms with van der Waals surface area (Å²) in [6.07, 6.45) is 6.14. The van der Waals surface area contributed by atoms with Crippen LogP contribution in [0.5, 0.6) is 0 Å². The average Bonchev–Trinajstić information content (AvgIpc) is 3.97. The fourth-order valence-corrected chi connectivity index (χ4v) is 6.30. The summed E-state index contributed by atoms with van der Waals surface area (Å²) >= 11 is 11.9. The fraction of sp³-hybridized carbons (Fsp3) is 0.135. The molecule has 2 aromatic carbocycles. The van der Waals surface area contributed by atoms with Crippen molar-refractivity contribution in [3.63, 3.8) is 0 Å². The van der Waals surface area contributed by atoms with Crippen LogP contribution >= 0.6 is 23.2 Å². The Balaban J connectivity index is 0.000000169. The molecular weight excluding hydrogens is 753 g/mol. The van der Waals surface area contributed by atoms with Gasteiger partial charge in [-0.05, 0) is 81.4 Å². The molecule has 278 valence electrons. The molecular formula is C37H30Cl2F2N12O2. The number of primary amides is 2. The predicted molar refractivity (Wildman–Crippen MR) is 202 cm³/mol. The van der Waals surface area contributed by atoms with Crippen LogP contribution in [0, 0.1) is 11.6 Å². The minimum absolute atomic E-state index is 0.0107. The molecule has 4 N–H and O–H groups in total. The summed E-state index contributed by atoms with van der Waals surface area (Å²) < 4.78 is 33.8. The van der Waals surface area contributed by atoms with Crippen molar-refractivity contribution in [1.29, 1.82) is 0 Å². The summed E-state index contributed by atoms with van der Waals surface area (Å²) in [6, 6.07) is 16.0. The van der Waals surface area contributed by atoms with E-state index in [0.717, 1.165) is 0 Å². The highest BCUT2D eigenvalue weighted by atomic mass is 35.5. The summed E-state index contributed by atoms with van der Waals surface area (Å²) in [7, 11) is 0. The van der Waals surface area contributed by atoms with Crippen LogP contribution in [0.15, 0.2) is 85.7 Å². The smallest absolute Gasteiger partial charge is 0.269 e. The molecule has 55 heavy (non-hydrogen) atoms. The first-order valence-electron chi connectivity index (χ1n) is 16.7. The van der Waals surface area contributed by atoms with E-state index in [1.165, 1.54) is 45.7 Å². The topological polar surface area (TPSA) is 182 Å². The van der Waals surface area contributed by atoms with Crippen molar-refractivity contribution in [2.75, 3.05) is 0 Å². The Morgan fingerprint density at radius 2 is 1.16 bits per heavy atom. The van der Waals surface area contributed by atoms with E-state index in [-0.39, 0.29) is 27.5 Å². The van der Waals surface area contributed by atoms with Crippen LogP contribution in [0.25, 0.3) is 56.6 Å². The number of halogens is 4. The van der Waals surface area contributed by atoms with Crippen LogP contribution in [-0.2, 0) is 6.54 Å². The van der Waals surface area contributed by atoms with E-state index in [4.69, 9.17) is 34.7 Å². The molecule has 14 nitrogen and oxygen atoms in total. The maximum Gasteiger partial charge on any atom is 0.269 e. The quantitative estimate of drug-likeness (QED) is 0.167. The molecule has 0 atom stereocenters. The lowest BCUT2D eigenvalue weighted by Gasteiger charge is -2.13. The van der Waals surface area contributed by atoms with Crippen LogP contribution < -0.4 is 11.5 Å². The third kappa shape index (κ3) is 6.88. The van der Waals surface area contributed by atoms with Crippen molar-refractivity contribution in [3.05, 3.63) is 119 Å². The van der Waals surface area contributed by atoms with Crippen LogP contribution in [0.2, 0.25) is 10.0 Å². The van der Waals surface area contributed by atoms with Gasteiger partial charge in [0.15, 0.2) is 11.3 Å². The summed E-state index contributed by atoms with van der Waals surface area (Å²) in [4.78, 5) is 40.5. The molecule has 0 radical (unpaired) electrons. The monoisotopic (exact) mass is 782 g/mol. The highest BCUT2D eigenvalue weighted by Gasteiger charge is 2.22. The van der Waals surface area contributed by atoms with Gasteiger partial charge in [0.2, 0.25) is 0 Å². The van der Waals surface area contributed by atoms with Crippen LogP contribution in [0.3, 0.4) is 0 Å². The standard InChI is InChI=1S/C19H16ClFN6O.C18H14ClFN6O/c1-10(2)26-9-24-17(11-3-4-13(21)12(20)7-11)18(26)14-5-6-16-23-8-15(19(22)28)27(16)25-14;1-2-25-9-23-16(10-3-4-12(20)11(19)7-10)17(25)13-5-6-15-22-8-14(18(21)27)26(15)24-13/h3-10H,1-2H3,(H2,22,28);3-9H,2H2,1H3,(H2,21,27). The number of carbonyl (C=O) groups excluding carboxylic acids is 2. The highest BCUT2D eigenvalue weighted by Crippen LogP contribution is 2.35. The highest BCUT2D eigenvalue weighted by molar-refractivity contribution is 6.31. The lowest BCUT2D eigenvalue weighted by Crippen LogP contribution is -2.15. The second-order valence-corrected chi connectivity index (χ2v) is 13.2. The summed E-state index contributed by atoms with van der Waals surface area (Å²) in [5.41, 5.74) is 17.2. The molecule has 6 aromatic heterocycles. The van der Waals surface area contributed by atoms with Gasteiger partial charge in [-0.15, -0.1) is 0 Å². The summed E-state index contributed by atoms with van der Waals surface area (Å²) in [6.45, 7) is 6.63. The predicted octanol–water partition coefficient (Wildman–Crippen LogP) is 6.90. The number of amides is 2. The number of hydrogen-bond acceptors (Lipinski definition) is 8. The van der Waals surface area contributed by atoms with Gasteiger partial charge in [0.1, 0.15) is 34.4 Å². The number of nitrogens with two attached hydrogens (primary N) is 2. The average molecular weight is 784 g/mol. The Kier molecular flexibility index (Phi) is 9.85. The maximum atomic E-state index is 13.6. The van der Waals surface area contributed by atoms with E-state index in [9.17, 15) is 18.4 Å². The van der Waals surface area contributed by atoms with Gasteiger partial charge in [-0.2, -0.15) is 10.2 Å². The van der Waals surface area contributed by atoms with Gasteiger partial charge < -0.3 is 20.6 Å². The SMILES string of the molecule is CC(C)n1cnc(-c2ccc(F)c(Cl)c2)c1-c1ccc2ncc(C(N)=O)n2n1.CCn1cnc(-c2ccc(F)c(Cl)c2)c1-c1ccc2ncc(C(N)=O)n2n1. The number of hydrogen-bond donors (Lipinski definition) is 2. The van der Waals surface area contributed by atoms with Crippen LogP contribution in [-0.4, -0.2) is 60.1 Å². The van der Waals surface area contributed by atoms with Crippen molar-refractivity contribution >= 4 is 46.3 Å². The number of aryl methyl sites for hydroxylation is 1. The molecule has 0 aliphatic rings. The van der Waals surface area contributed by atoms with Crippen molar-refractivity contribution in [1.82, 2.24) is 48.3 Å². The molecule has 0 unspecified atom stereocenters. The number of benzene rings is 2. The van der Waals surface area contributed by atoms with E-state index in [2.05, 4.69) is 30.1 Å². The van der Waals surface area contributed by atoms with E-state index >= 15 is 0 Å². The first-order valence-corrected chi connectivity index (χ1v) is 17.4. The van der Waals surface area contributed by atoms with E-state index in [1.807, 2.05) is 29.9 Å². The second kappa shape index (κ2) is 14.7. The second-order valence-electron chi connectivity index (χ2n) is 12.4. The Morgan fingerprint density at radius 3 is 1.62 bits per heavy atom. The normalized spacial score (nSPS) is 11.3. The van der Waals surface area contributed by atoms with E-state index in [1.54, 1.807) is 49.1 Å². The molecule has 0 aliphatic carbocycles. The Hall–Kier alpha value is -6.52. The van der Waals surface area contributed by atoms with E-state index in [0.29, 0.717) is 63.1 Å². The molecule has 8 rings (SSSR count). The molecule has 6 heterocycles. The molecule has 0 saturated heterocycles. The van der Waals surface area contributed by atoms with Gasteiger partial charge in [-0.1, -0.05) is 23.2 Å². The first-order chi connectivity index (χ1) is 26.4. The molecule has 0 aliphatic heterocycles. The Bertz CT molecular complexity index is 2770. The lowest BCUT2D eigenvalue weighted by atomic mass is 10.1. The van der Waals surface area contributed by atoms with Crippen LogP contribution in [0.4, 0.5) is 8.78 Å². The van der Waals surface area contributed by atoms with Gasteiger partial charge in [0.05, 0.1) is 57.9 Å². The summed E-state index contributed by atoms with van der Waals surface area (Å²) in [5, 5.41) is 9.10. The molecule has 0 bridgehead atoms. The van der Waals surface area contributed by atoms with Crippen LogP contribution in [0.1, 0.15) is 47.8 Å². The molecule has 0 saturated carbocycles. The first kappa shape index (κ1) is 36.8. The number of fused-ring (bicyclic) bond motifs is 2. The van der Waals surface area contributed by atoms with Gasteiger partial charge in [-0.3, -0.25) is 9.59 Å².